The summed E-state index contributed by atoms with van der Waals surface area (Å²) >= 11 is 0. The fourth-order valence-electron chi connectivity index (χ4n) is 4.44. The maximum Gasteiger partial charge on any atom is 0.187 e. The van der Waals surface area contributed by atoms with Gasteiger partial charge in [-0.1, -0.05) is 6.92 Å². The van der Waals surface area contributed by atoms with Gasteiger partial charge in [0, 0.05) is 13.0 Å². The Morgan fingerprint density at radius 2 is 1.09 bits per heavy atom. The predicted molar refractivity (Wildman–Crippen MR) is 108 cm³/mol. The van der Waals surface area contributed by atoms with Crippen molar-refractivity contribution in [1.82, 2.24) is 0 Å². The minimum atomic E-state index is -1.70. The zero-order valence-corrected chi connectivity index (χ0v) is 19.1. The SMILES string of the molecule is CO[C@@H]1OC(CO)[C@@H](O[C@@H]2OC(C)[C@@H](O)[C@H](O)C2O)[C@H](O[C@@H]2OC(CO)[C@H](O)[C@H](O)C2O)C1C. The van der Waals surface area contributed by atoms with Gasteiger partial charge in [0.2, 0.25) is 0 Å². The number of hydrogen-bond acceptors (Lipinski definition) is 14. The largest absolute Gasteiger partial charge is 0.394 e. The highest BCUT2D eigenvalue weighted by atomic mass is 16.8. The van der Waals surface area contributed by atoms with Crippen molar-refractivity contribution in [3.05, 3.63) is 0 Å². The molecule has 8 N–H and O–H groups in total. The summed E-state index contributed by atoms with van der Waals surface area (Å²) in [5.74, 6) is -0.626. The van der Waals surface area contributed by atoms with E-state index in [1.807, 2.05) is 0 Å². The van der Waals surface area contributed by atoms with Gasteiger partial charge in [0.1, 0.15) is 54.9 Å². The highest BCUT2D eigenvalue weighted by Crippen LogP contribution is 2.35. The van der Waals surface area contributed by atoms with Gasteiger partial charge < -0.3 is 69.3 Å². The lowest BCUT2D eigenvalue weighted by atomic mass is 9.91. The van der Waals surface area contributed by atoms with Crippen LogP contribution in [0.1, 0.15) is 13.8 Å². The van der Waals surface area contributed by atoms with Crippen LogP contribution in [0.15, 0.2) is 0 Å². The molecular weight excluding hydrogens is 464 g/mol. The molecule has 0 aromatic heterocycles. The van der Waals surface area contributed by atoms with E-state index in [0.717, 1.165) is 0 Å². The van der Waals surface area contributed by atoms with Gasteiger partial charge in [-0.15, -0.1) is 0 Å². The Labute approximate surface area is 196 Å². The molecule has 15 atom stereocenters. The van der Waals surface area contributed by atoms with Crippen molar-refractivity contribution in [3.8, 4) is 0 Å². The smallest absolute Gasteiger partial charge is 0.187 e. The first-order valence-corrected chi connectivity index (χ1v) is 11.2. The molecule has 14 heteroatoms. The predicted octanol–water partition coefficient (Wildman–Crippen LogP) is -4.62. The van der Waals surface area contributed by atoms with E-state index in [0.29, 0.717) is 0 Å². The Morgan fingerprint density at radius 1 is 0.588 bits per heavy atom. The molecule has 3 rings (SSSR count). The second-order valence-electron chi connectivity index (χ2n) is 8.90. The van der Waals surface area contributed by atoms with Gasteiger partial charge in [-0.3, -0.25) is 0 Å². The zero-order valence-electron chi connectivity index (χ0n) is 19.1. The zero-order chi connectivity index (χ0) is 25.3. The van der Waals surface area contributed by atoms with Gasteiger partial charge >= 0.3 is 0 Å². The fourth-order valence-corrected chi connectivity index (χ4v) is 4.44. The molecule has 3 heterocycles. The Balaban J connectivity index is 1.86. The first-order valence-electron chi connectivity index (χ1n) is 11.2. The molecule has 0 aromatic rings. The van der Waals surface area contributed by atoms with Crippen LogP contribution in [0.2, 0.25) is 0 Å². The molecule has 0 aromatic carbocycles. The van der Waals surface area contributed by atoms with Crippen molar-refractivity contribution >= 4 is 0 Å². The number of hydrogen-bond donors (Lipinski definition) is 8. The summed E-state index contributed by atoms with van der Waals surface area (Å²) in [6, 6.07) is 0. The average Bonchev–Trinajstić information content (AvgIpc) is 2.83. The van der Waals surface area contributed by atoms with Crippen LogP contribution in [-0.2, 0) is 28.4 Å². The molecule has 3 saturated heterocycles. The van der Waals surface area contributed by atoms with Crippen LogP contribution in [0, 0.1) is 5.92 Å². The molecule has 0 aliphatic carbocycles. The normalized spacial score (nSPS) is 52.5. The Bertz CT molecular complexity index is 638. The molecule has 3 aliphatic heterocycles. The van der Waals surface area contributed by atoms with Crippen LogP contribution < -0.4 is 0 Å². The molecule has 0 radical (unpaired) electrons. The van der Waals surface area contributed by atoms with Crippen molar-refractivity contribution in [1.29, 1.82) is 0 Å². The highest BCUT2D eigenvalue weighted by Gasteiger charge is 2.53. The number of ether oxygens (including phenoxy) is 6. The van der Waals surface area contributed by atoms with Gasteiger partial charge in [0.05, 0.1) is 25.4 Å². The molecule has 6 unspecified atom stereocenters. The van der Waals surface area contributed by atoms with Gasteiger partial charge in [0.25, 0.3) is 0 Å². The number of methoxy groups -OCH3 is 1. The van der Waals surface area contributed by atoms with E-state index < -0.39 is 105 Å². The van der Waals surface area contributed by atoms with Crippen LogP contribution in [0.25, 0.3) is 0 Å². The summed E-state index contributed by atoms with van der Waals surface area (Å²) in [5, 5.41) is 80.4. The van der Waals surface area contributed by atoms with Crippen LogP contribution in [-0.4, -0.2) is 147 Å². The van der Waals surface area contributed by atoms with Crippen molar-refractivity contribution in [3.63, 3.8) is 0 Å². The third-order valence-corrected chi connectivity index (χ3v) is 6.60. The van der Waals surface area contributed by atoms with E-state index in [1.54, 1.807) is 6.92 Å². The lowest BCUT2D eigenvalue weighted by molar-refractivity contribution is -0.377. The lowest BCUT2D eigenvalue weighted by Gasteiger charge is -2.49. The molecule has 14 nitrogen and oxygen atoms in total. The van der Waals surface area contributed by atoms with Gasteiger partial charge in [-0.05, 0) is 6.92 Å². The third kappa shape index (κ3) is 5.40. The maximum atomic E-state index is 10.4. The highest BCUT2D eigenvalue weighted by molar-refractivity contribution is 4.95. The van der Waals surface area contributed by atoms with Crippen molar-refractivity contribution in [2.24, 2.45) is 5.92 Å². The maximum absolute atomic E-state index is 10.4. The fraction of sp³-hybridized carbons (Fsp3) is 1.00. The van der Waals surface area contributed by atoms with Crippen molar-refractivity contribution in [2.75, 3.05) is 20.3 Å². The number of aliphatic hydroxyl groups is 8. The van der Waals surface area contributed by atoms with Crippen LogP contribution in [0.4, 0.5) is 0 Å². The topological polar surface area (TPSA) is 217 Å². The molecule has 0 amide bonds. The van der Waals surface area contributed by atoms with E-state index in [2.05, 4.69) is 0 Å². The molecule has 0 spiro atoms. The second kappa shape index (κ2) is 11.7. The number of rotatable bonds is 7. The Hall–Kier alpha value is -0.560. The van der Waals surface area contributed by atoms with E-state index >= 15 is 0 Å². The van der Waals surface area contributed by atoms with Crippen LogP contribution in [0.5, 0.6) is 0 Å². The average molecular weight is 500 g/mol. The molecule has 0 saturated carbocycles. The molecule has 200 valence electrons. The van der Waals surface area contributed by atoms with Crippen molar-refractivity contribution < 1.29 is 69.3 Å². The lowest BCUT2D eigenvalue weighted by Crippen LogP contribution is -2.65. The molecule has 34 heavy (non-hydrogen) atoms. The van der Waals surface area contributed by atoms with Gasteiger partial charge in [-0.25, -0.2) is 0 Å². The van der Waals surface area contributed by atoms with E-state index in [-0.39, 0.29) is 0 Å². The van der Waals surface area contributed by atoms with E-state index in [1.165, 1.54) is 14.0 Å². The molecule has 0 bridgehead atoms. The van der Waals surface area contributed by atoms with Crippen LogP contribution in [0.3, 0.4) is 0 Å². The van der Waals surface area contributed by atoms with E-state index in [4.69, 9.17) is 28.4 Å². The molecule has 3 fully saturated rings. The standard InChI is InChI=1S/C20H36O14/c1-6-16(33-20-15(28)13(26)11(24)8(4-21)31-20)17(9(5-22)32-18(6)29-3)34-19-14(27)12(25)10(23)7(2)30-19/h6-28H,4-5H2,1-3H3/t6?,7?,8?,9?,10-,11+,12+,13+,14?,15?,16-,17-,18-,19+,20+/m1/s1. The quantitative estimate of drug-likeness (QED) is 0.165. The minimum absolute atomic E-state index is 0.574. The molecule has 3 aliphatic rings. The first kappa shape index (κ1) is 28.0. The van der Waals surface area contributed by atoms with E-state index in [9.17, 15) is 40.9 Å². The minimum Gasteiger partial charge on any atom is -0.394 e. The van der Waals surface area contributed by atoms with Gasteiger partial charge in [-0.2, -0.15) is 0 Å². The van der Waals surface area contributed by atoms with Crippen molar-refractivity contribution in [2.45, 2.75) is 99.9 Å². The monoisotopic (exact) mass is 500 g/mol. The summed E-state index contributed by atoms with van der Waals surface area (Å²) in [7, 11) is 1.37. The summed E-state index contributed by atoms with van der Waals surface area (Å²) in [6.07, 6.45) is -18.8. The number of aliphatic hydroxyl groups excluding tert-OH is 8. The molecular formula is C20H36O14. The summed E-state index contributed by atoms with van der Waals surface area (Å²) in [6.45, 7) is 1.90. The summed E-state index contributed by atoms with van der Waals surface area (Å²) in [5.41, 5.74) is 0. The van der Waals surface area contributed by atoms with Crippen LogP contribution >= 0.6 is 0 Å². The first-order chi connectivity index (χ1) is 16.0. The Kier molecular flexibility index (Phi) is 9.61. The Morgan fingerprint density at radius 3 is 1.65 bits per heavy atom. The summed E-state index contributed by atoms with van der Waals surface area (Å²) in [4.78, 5) is 0. The third-order valence-electron chi connectivity index (χ3n) is 6.60. The van der Waals surface area contributed by atoms with Gasteiger partial charge in [0.15, 0.2) is 18.9 Å². The second-order valence-corrected chi connectivity index (χ2v) is 8.90. The summed E-state index contributed by atoms with van der Waals surface area (Å²) < 4.78 is 33.8.